The van der Waals surface area contributed by atoms with Crippen molar-refractivity contribution in [2.24, 2.45) is 0 Å². The molecule has 0 aromatic heterocycles. The van der Waals surface area contributed by atoms with Crippen molar-refractivity contribution >= 4 is 23.4 Å². The summed E-state index contributed by atoms with van der Waals surface area (Å²) in [5, 5.41) is 6.35. The van der Waals surface area contributed by atoms with Crippen LogP contribution in [0.2, 0.25) is 0 Å². The molecule has 1 unspecified atom stereocenters. The van der Waals surface area contributed by atoms with E-state index in [2.05, 4.69) is 48.8 Å². The van der Waals surface area contributed by atoms with Gasteiger partial charge in [-0.3, -0.25) is 4.79 Å². The maximum Gasteiger partial charge on any atom is 0.237 e. The van der Waals surface area contributed by atoms with E-state index in [9.17, 15) is 4.79 Å². The molecule has 2 aromatic rings. The summed E-state index contributed by atoms with van der Waals surface area (Å²) in [6, 6.07) is 16.3. The zero-order valence-electron chi connectivity index (χ0n) is 16.7. The van der Waals surface area contributed by atoms with Crippen LogP contribution in [0.1, 0.15) is 32.8 Å². The number of amides is 1. The van der Waals surface area contributed by atoms with Gasteiger partial charge in [0.1, 0.15) is 0 Å². The number of anilines is 1. The molecule has 2 N–H and O–H groups in total. The van der Waals surface area contributed by atoms with Gasteiger partial charge < -0.3 is 10.6 Å². The predicted molar refractivity (Wildman–Crippen MR) is 119 cm³/mol. The first-order chi connectivity index (χ1) is 13.1. The lowest BCUT2D eigenvalue weighted by Gasteiger charge is -2.17. The molecule has 0 radical (unpaired) electrons. The summed E-state index contributed by atoms with van der Waals surface area (Å²) < 4.78 is 0. The Balaban J connectivity index is 2.05. The standard InChI is InChI=1S/C23H30N2OS/c1-5-15-24-16-20(6-2)27-18(4)23(26)25-22-14-10-13-21(17(22)3)19-11-8-7-9-12-19/h6-14,18,24H,5,15-16H2,1-4H3,(H,25,26)/b20-6-. The van der Waals surface area contributed by atoms with Crippen molar-refractivity contribution in [3.05, 3.63) is 65.1 Å². The van der Waals surface area contributed by atoms with Crippen molar-refractivity contribution in [1.29, 1.82) is 0 Å². The molecule has 0 aliphatic heterocycles. The molecule has 0 aliphatic rings. The highest BCUT2D eigenvalue weighted by Gasteiger charge is 2.17. The third-order valence-corrected chi connectivity index (χ3v) is 5.67. The Labute approximate surface area is 167 Å². The van der Waals surface area contributed by atoms with Crippen molar-refractivity contribution in [3.63, 3.8) is 0 Å². The largest absolute Gasteiger partial charge is 0.325 e. The Bertz CT molecular complexity index is 771. The second-order valence-electron chi connectivity index (χ2n) is 6.53. The van der Waals surface area contributed by atoms with Gasteiger partial charge in [-0.05, 0) is 61.4 Å². The van der Waals surface area contributed by atoms with Crippen molar-refractivity contribution in [2.45, 2.75) is 39.4 Å². The molecule has 2 rings (SSSR count). The minimum atomic E-state index is -0.153. The quantitative estimate of drug-likeness (QED) is 0.553. The number of hydrogen-bond donors (Lipinski definition) is 2. The lowest BCUT2D eigenvalue weighted by atomic mass is 9.99. The third kappa shape index (κ3) is 6.26. The SMILES string of the molecule is C/C=C(/CNCCC)SC(C)C(=O)Nc1cccc(-c2ccccc2)c1C. The molecule has 4 heteroatoms. The number of nitrogens with one attached hydrogen (secondary N) is 2. The van der Waals surface area contributed by atoms with Crippen LogP contribution in [0.3, 0.4) is 0 Å². The lowest BCUT2D eigenvalue weighted by molar-refractivity contribution is -0.115. The van der Waals surface area contributed by atoms with Gasteiger partial charge in [0.25, 0.3) is 0 Å². The van der Waals surface area contributed by atoms with Crippen LogP contribution in [0.4, 0.5) is 5.69 Å². The van der Waals surface area contributed by atoms with Gasteiger partial charge in [-0.2, -0.15) is 0 Å². The Morgan fingerprint density at radius 1 is 1.15 bits per heavy atom. The van der Waals surface area contributed by atoms with Crippen LogP contribution in [0, 0.1) is 6.92 Å². The van der Waals surface area contributed by atoms with Gasteiger partial charge in [-0.1, -0.05) is 55.5 Å². The van der Waals surface area contributed by atoms with Gasteiger partial charge in [0.2, 0.25) is 5.91 Å². The normalized spacial score (nSPS) is 12.7. The third-order valence-electron chi connectivity index (χ3n) is 4.42. The van der Waals surface area contributed by atoms with Crippen LogP contribution in [-0.2, 0) is 4.79 Å². The van der Waals surface area contributed by atoms with Crippen molar-refractivity contribution in [2.75, 3.05) is 18.4 Å². The molecule has 0 saturated heterocycles. The van der Waals surface area contributed by atoms with E-state index in [4.69, 9.17) is 0 Å². The first-order valence-corrected chi connectivity index (χ1v) is 10.4. The second kappa shape index (κ2) is 11.0. The Morgan fingerprint density at radius 2 is 1.89 bits per heavy atom. The average molecular weight is 383 g/mol. The molecule has 1 amide bonds. The molecule has 1 atom stereocenters. The van der Waals surface area contributed by atoms with Crippen molar-refractivity contribution in [3.8, 4) is 11.1 Å². The van der Waals surface area contributed by atoms with E-state index < -0.39 is 0 Å². The lowest BCUT2D eigenvalue weighted by Crippen LogP contribution is -2.24. The minimum absolute atomic E-state index is 0.0307. The van der Waals surface area contributed by atoms with Gasteiger partial charge in [-0.15, -0.1) is 11.8 Å². The van der Waals surface area contributed by atoms with Crippen LogP contribution < -0.4 is 10.6 Å². The van der Waals surface area contributed by atoms with Gasteiger partial charge in [0.05, 0.1) is 5.25 Å². The smallest absolute Gasteiger partial charge is 0.237 e. The number of benzene rings is 2. The van der Waals surface area contributed by atoms with Gasteiger partial charge in [0.15, 0.2) is 0 Å². The summed E-state index contributed by atoms with van der Waals surface area (Å²) in [6.45, 7) is 9.99. The summed E-state index contributed by atoms with van der Waals surface area (Å²) in [5.74, 6) is 0.0307. The van der Waals surface area contributed by atoms with Crippen LogP contribution in [0.5, 0.6) is 0 Å². The number of allylic oxidation sites excluding steroid dienone is 1. The molecule has 3 nitrogen and oxygen atoms in total. The average Bonchev–Trinajstić information content (AvgIpc) is 2.69. The van der Waals surface area contributed by atoms with Crippen LogP contribution in [-0.4, -0.2) is 24.2 Å². The molecular formula is C23H30N2OS. The predicted octanol–water partition coefficient (Wildman–Crippen LogP) is 5.63. The van der Waals surface area contributed by atoms with E-state index in [-0.39, 0.29) is 11.2 Å². The maximum atomic E-state index is 12.7. The fraction of sp³-hybridized carbons (Fsp3) is 0.348. The first kappa shape index (κ1) is 21.3. The van der Waals surface area contributed by atoms with Crippen LogP contribution in [0.15, 0.2) is 59.5 Å². The van der Waals surface area contributed by atoms with E-state index >= 15 is 0 Å². The van der Waals surface area contributed by atoms with E-state index in [1.54, 1.807) is 11.8 Å². The molecule has 27 heavy (non-hydrogen) atoms. The molecular weight excluding hydrogens is 352 g/mol. The molecule has 0 heterocycles. The fourth-order valence-corrected chi connectivity index (χ4v) is 3.76. The van der Waals surface area contributed by atoms with Crippen LogP contribution in [0.25, 0.3) is 11.1 Å². The first-order valence-electron chi connectivity index (χ1n) is 9.55. The van der Waals surface area contributed by atoms with Crippen molar-refractivity contribution in [1.82, 2.24) is 5.32 Å². The second-order valence-corrected chi connectivity index (χ2v) is 7.99. The highest BCUT2D eigenvalue weighted by Crippen LogP contribution is 2.29. The van der Waals surface area contributed by atoms with Crippen LogP contribution >= 0.6 is 11.8 Å². The maximum absolute atomic E-state index is 12.7. The molecule has 0 fully saturated rings. The summed E-state index contributed by atoms with van der Waals surface area (Å²) in [7, 11) is 0. The number of carbonyl (C=O) groups excluding carboxylic acids is 1. The molecule has 0 bridgehead atoms. The van der Waals surface area contributed by atoms with Gasteiger partial charge in [-0.25, -0.2) is 0 Å². The monoisotopic (exact) mass is 382 g/mol. The number of carbonyl (C=O) groups is 1. The van der Waals surface area contributed by atoms with Crippen molar-refractivity contribution < 1.29 is 4.79 Å². The molecule has 0 spiro atoms. The fourth-order valence-electron chi connectivity index (χ4n) is 2.82. The van der Waals surface area contributed by atoms with Gasteiger partial charge in [0, 0.05) is 12.2 Å². The molecule has 2 aromatic carbocycles. The van der Waals surface area contributed by atoms with E-state index in [1.165, 1.54) is 4.91 Å². The van der Waals surface area contributed by atoms with E-state index in [0.29, 0.717) is 0 Å². The Kier molecular flexibility index (Phi) is 8.62. The Hall–Kier alpha value is -2.04. The number of hydrogen-bond acceptors (Lipinski definition) is 3. The summed E-state index contributed by atoms with van der Waals surface area (Å²) in [4.78, 5) is 13.9. The van der Waals surface area contributed by atoms with E-state index in [0.717, 1.165) is 41.9 Å². The van der Waals surface area contributed by atoms with E-state index in [1.807, 2.05) is 44.2 Å². The summed E-state index contributed by atoms with van der Waals surface area (Å²) in [5.41, 5.74) is 4.27. The zero-order valence-corrected chi connectivity index (χ0v) is 17.5. The zero-order chi connectivity index (χ0) is 19.6. The Morgan fingerprint density at radius 3 is 2.56 bits per heavy atom. The topological polar surface area (TPSA) is 41.1 Å². The number of rotatable bonds is 9. The molecule has 0 aliphatic carbocycles. The number of thioether (sulfide) groups is 1. The summed E-state index contributed by atoms with van der Waals surface area (Å²) >= 11 is 1.62. The molecule has 144 valence electrons. The highest BCUT2D eigenvalue weighted by molar-refractivity contribution is 8.04. The minimum Gasteiger partial charge on any atom is -0.325 e. The summed E-state index contributed by atoms with van der Waals surface area (Å²) in [6.07, 6.45) is 3.19. The highest BCUT2D eigenvalue weighted by atomic mass is 32.2. The van der Waals surface area contributed by atoms with Gasteiger partial charge >= 0.3 is 0 Å². The molecule has 0 saturated carbocycles.